The summed E-state index contributed by atoms with van der Waals surface area (Å²) in [5, 5.41) is 11.2. The van der Waals surface area contributed by atoms with E-state index in [-0.39, 0.29) is 0 Å². The molecule has 1 N–H and O–H groups in total. The minimum Gasteiger partial charge on any atom is -0.537 e. The lowest BCUT2D eigenvalue weighted by atomic mass is 10.1. The zero-order valence-corrected chi connectivity index (χ0v) is 21.3. The number of hydrogen-bond donors (Lipinski definition) is 1. The van der Waals surface area contributed by atoms with Crippen molar-refractivity contribution in [3.63, 3.8) is 0 Å². The second-order valence-corrected chi connectivity index (χ2v) is 9.34. The highest BCUT2D eigenvalue weighted by atomic mass is 16.5. The summed E-state index contributed by atoms with van der Waals surface area (Å²) in [5.74, 6) is 2.46. The van der Waals surface area contributed by atoms with Crippen LogP contribution in [0.25, 0.3) is 61.7 Å². The summed E-state index contributed by atoms with van der Waals surface area (Å²) in [4.78, 5) is 14.5. The van der Waals surface area contributed by atoms with Crippen molar-refractivity contribution in [2.24, 2.45) is 0 Å². The van der Waals surface area contributed by atoms with Gasteiger partial charge >= 0.3 is 7.69 Å². The Morgan fingerprint density at radius 1 is 0.525 bits per heavy atom. The summed E-state index contributed by atoms with van der Waals surface area (Å²) < 4.78 is 7.45. The summed E-state index contributed by atoms with van der Waals surface area (Å²) in [5.41, 5.74) is 5.90. The van der Waals surface area contributed by atoms with Crippen molar-refractivity contribution in [3.8, 4) is 45.6 Å². The fourth-order valence-electron chi connectivity index (χ4n) is 5.06. The van der Waals surface area contributed by atoms with E-state index in [1.807, 2.05) is 103 Å². The lowest BCUT2D eigenvalue weighted by Gasteiger charge is -2.11. The van der Waals surface area contributed by atoms with Gasteiger partial charge in [0.15, 0.2) is 17.5 Å². The number of rotatable bonds is 6. The zero-order chi connectivity index (χ0) is 26.9. The highest BCUT2D eigenvalue weighted by Crippen LogP contribution is 2.34. The van der Waals surface area contributed by atoms with Crippen LogP contribution in [0, 0.1) is 0 Å². The molecule has 1 radical (unpaired) electrons. The first-order valence-corrected chi connectivity index (χ1v) is 12.9. The fraction of sp³-hybridized carbons (Fsp3) is 0. The molecule has 2 aromatic heterocycles. The number of benzene rings is 5. The molecule has 40 heavy (non-hydrogen) atoms. The van der Waals surface area contributed by atoms with E-state index in [4.69, 9.17) is 24.6 Å². The average molecular weight is 517 g/mol. The van der Waals surface area contributed by atoms with Gasteiger partial charge in [-0.1, -0.05) is 78.9 Å². The van der Waals surface area contributed by atoms with Crippen LogP contribution in [-0.4, -0.2) is 32.2 Å². The molecule has 0 saturated heterocycles. The largest absolute Gasteiger partial charge is 0.569 e. The first-order chi connectivity index (χ1) is 19.8. The van der Waals surface area contributed by atoms with Gasteiger partial charge in [-0.05, 0) is 48.5 Å². The number of fused-ring (bicyclic) bond motifs is 3. The van der Waals surface area contributed by atoms with Gasteiger partial charge < -0.3 is 14.2 Å². The van der Waals surface area contributed by atoms with Crippen molar-refractivity contribution < 1.29 is 9.68 Å². The maximum absolute atomic E-state index is 9.11. The molecule has 0 aliphatic rings. The Bertz CT molecular complexity index is 1900. The minimum absolute atomic E-state index is 0.575. The zero-order valence-electron chi connectivity index (χ0n) is 21.3. The van der Waals surface area contributed by atoms with Gasteiger partial charge in [-0.2, -0.15) is 0 Å². The maximum Gasteiger partial charge on any atom is 0.569 e. The third-order valence-electron chi connectivity index (χ3n) is 6.92. The Hall–Kier alpha value is -5.27. The van der Waals surface area contributed by atoms with E-state index in [0.717, 1.165) is 44.2 Å². The molecule has 0 aliphatic heterocycles. The van der Waals surface area contributed by atoms with E-state index in [1.165, 1.54) is 0 Å². The van der Waals surface area contributed by atoms with Gasteiger partial charge in [-0.25, -0.2) is 15.0 Å². The van der Waals surface area contributed by atoms with Crippen LogP contribution in [0.5, 0.6) is 5.75 Å². The van der Waals surface area contributed by atoms with Crippen molar-refractivity contribution in [3.05, 3.63) is 127 Å². The molecular weight excluding hydrogens is 495 g/mol. The number of aromatic nitrogens is 4. The molecule has 7 heteroatoms. The predicted molar refractivity (Wildman–Crippen MR) is 159 cm³/mol. The highest BCUT2D eigenvalue weighted by molar-refractivity contribution is 6.17. The van der Waals surface area contributed by atoms with Crippen LogP contribution >= 0.6 is 0 Å². The molecule has 0 saturated carbocycles. The predicted octanol–water partition coefficient (Wildman–Crippen LogP) is 6.88. The topological polar surface area (TPSA) is 73.1 Å². The lowest BCUT2D eigenvalue weighted by Crippen LogP contribution is -2.00. The number of nitrogens with zero attached hydrogens (tertiary/aromatic N) is 4. The number of hydrogen-bond acceptors (Lipinski definition) is 5. The minimum atomic E-state index is 0.575. The van der Waals surface area contributed by atoms with Crippen molar-refractivity contribution in [2.75, 3.05) is 0 Å². The van der Waals surface area contributed by atoms with Crippen LogP contribution in [0.1, 0.15) is 0 Å². The van der Waals surface area contributed by atoms with Crippen LogP contribution in [0.4, 0.5) is 0 Å². The van der Waals surface area contributed by atoms with E-state index in [9.17, 15) is 0 Å². The average Bonchev–Trinajstić information content (AvgIpc) is 3.36. The molecule has 7 rings (SSSR count). The van der Waals surface area contributed by atoms with Crippen LogP contribution in [0.15, 0.2) is 127 Å². The fourth-order valence-corrected chi connectivity index (χ4v) is 5.06. The Balaban J connectivity index is 1.35. The van der Waals surface area contributed by atoms with Crippen LogP contribution in [0.2, 0.25) is 0 Å². The molecule has 0 fully saturated rings. The Morgan fingerprint density at radius 3 is 1.65 bits per heavy atom. The third-order valence-corrected chi connectivity index (χ3v) is 6.92. The van der Waals surface area contributed by atoms with E-state index in [0.29, 0.717) is 30.9 Å². The molecule has 6 nitrogen and oxygen atoms in total. The Labute approximate surface area is 231 Å². The van der Waals surface area contributed by atoms with Gasteiger partial charge in [0.1, 0.15) is 5.75 Å². The standard InChI is InChI=1S/C33H22BN4O2/c39-34-40-26-19-20-30-28(21-26)27-13-7-8-14-29(27)38(30)25-17-15-24(16-18-25)33-36-31(22-9-3-1-4-10-22)35-32(37-33)23-11-5-2-6-12-23/h1-21,39H. The summed E-state index contributed by atoms with van der Waals surface area (Å²) in [6, 6.07) is 42.3. The van der Waals surface area contributed by atoms with Gasteiger partial charge in [0.2, 0.25) is 0 Å². The molecule has 5 aromatic carbocycles. The Kier molecular flexibility index (Phi) is 6.03. The highest BCUT2D eigenvalue weighted by Gasteiger charge is 2.15. The van der Waals surface area contributed by atoms with Crippen molar-refractivity contribution in [1.82, 2.24) is 19.5 Å². The van der Waals surface area contributed by atoms with E-state index in [1.54, 1.807) is 0 Å². The van der Waals surface area contributed by atoms with Crippen LogP contribution in [0.3, 0.4) is 0 Å². The van der Waals surface area contributed by atoms with Gasteiger partial charge in [0.25, 0.3) is 0 Å². The first kappa shape index (κ1) is 23.8. The van der Waals surface area contributed by atoms with Crippen LogP contribution < -0.4 is 4.65 Å². The van der Waals surface area contributed by atoms with E-state index in [2.05, 4.69) is 28.8 Å². The lowest BCUT2D eigenvalue weighted by molar-refractivity contribution is 0.454. The van der Waals surface area contributed by atoms with Gasteiger partial charge in [0, 0.05) is 33.2 Å². The molecular formula is C33H22BN4O2. The molecule has 189 valence electrons. The molecule has 0 spiro atoms. The molecule has 2 heterocycles. The van der Waals surface area contributed by atoms with Crippen molar-refractivity contribution in [1.29, 1.82) is 0 Å². The summed E-state index contributed by atoms with van der Waals surface area (Å²) in [7, 11) is 0.701. The van der Waals surface area contributed by atoms with Crippen LogP contribution in [-0.2, 0) is 0 Å². The second kappa shape index (κ2) is 10.1. The third kappa shape index (κ3) is 4.28. The summed E-state index contributed by atoms with van der Waals surface area (Å²) in [6.45, 7) is 0. The van der Waals surface area contributed by atoms with Crippen molar-refractivity contribution >= 4 is 29.5 Å². The smallest absolute Gasteiger partial charge is 0.537 e. The van der Waals surface area contributed by atoms with Gasteiger partial charge in [-0.15, -0.1) is 0 Å². The molecule has 7 aromatic rings. The summed E-state index contributed by atoms with van der Waals surface area (Å²) in [6.07, 6.45) is 0. The number of para-hydroxylation sites is 1. The molecule has 0 aliphatic carbocycles. The van der Waals surface area contributed by atoms with E-state index < -0.39 is 0 Å². The van der Waals surface area contributed by atoms with Gasteiger partial charge in [0.05, 0.1) is 11.0 Å². The molecule has 0 atom stereocenters. The Morgan fingerprint density at radius 2 is 1.05 bits per heavy atom. The molecule has 0 amide bonds. The summed E-state index contributed by atoms with van der Waals surface area (Å²) >= 11 is 0. The maximum atomic E-state index is 9.11. The van der Waals surface area contributed by atoms with Crippen molar-refractivity contribution in [2.45, 2.75) is 0 Å². The van der Waals surface area contributed by atoms with E-state index >= 15 is 0 Å². The SMILES string of the molecule is O[B]Oc1ccc2c(c1)c1ccccc1n2-c1ccc(-c2nc(-c3ccccc3)nc(-c3ccccc3)n2)cc1. The second-order valence-electron chi connectivity index (χ2n) is 9.34. The monoisotopic (exact) mass is 517 g/mol. The first-order valence-electron chi connectivity index (χ1n) is 12.9. The molecule has 0 bridgehead atoms. The quantitative estimate of drug-likeness (QED) is 0.244. The molecule has 0 unspecified atom stereocenters. The van der Waals surface area contributed by atoms with Gasteiger partial charge in [-0.3, -0.25) is 0 Å². The normalized spacial score (nSPS) is 11.1.